The van der Waals surface area contributed by atoms with E-state index in [0.29, 0.717) is 17.7 Å². The number of hydrogen-bond donors (Lipinski definition) is 0. The summed E-state index contributed by atoms with van der Waals surface area (Å²) in [4.78, 5) is 14.3. The van der Waals surface area contributed by atoms with Crippen molar-refractivity contribution >= 4 is 5.91 Å². The van der Waals surface area contributed by atoms with Gasteiger partial charge in [0.05, 0.1) is 0 Å². The quantitative estimate of drug-likeness (QED) is 0.811. The van der Waals surface area contributed by atoms with E-state index >= 15 is 0 Å². The summed E-state index contributed by atoms with van der Waals surface area (Å²) in [5, 5.41) is 0. The Morgan fingerprint density at radius 2 is 2.11 bits per heavy atom. The summed E-state index contributed by atoms with van der Waals surface area (Å²) in [6.45, 7) is 6.17. The molecule has 2 heteroatoms. The molecule has 0 saturated heterocycles. The number of fused-ring (bicyclic) bond motifs is 1. The molecule has 0 atom stereocenters. The maximum atomic E-state index is 12.2. The molecule has 0 spiro atoms. The van der Waals surface area contributed by atoms with Crippen LogP contribution in [0.2, 0.25) is 0 Å². The Labute approximate surface area is 115 Å². The molecule has 0 N–H and O–H groups in total. The van der Waals surface area contributed by atoms with Crippen LogP contribution < -0.4 is 0 Å². The summed E-state index contributed by atoms with van der Waals surface area (Å²) in [7, 11) is 0. The van der Waals surface area contributed by atoms with Gasteiger partial charge in [0.25, 0.3) is 0 Å². The van der Waals surface area contributed by atoms with Gasteiger partial charge < -0.3 is 4.90 Å². The van der Waals surface area contributed by atoms with Gasteiger partial charge in [-0.05, 0) is 47.8 Å². The lowest BCUT2D eigenvalue weighted by molar-refractivity contribution is -0.132. The Hall–Kier alpha value is -1.31. The normalized spacial score (nSPS) is 18.6. The van der Waals surface area contributed by atoms with Gasteiger partial charge in [0.1, 0.15) is 0 Å². The van der Waals surface area contributed by atoms with Crippen LogP contribution >= 0.6 is 0 Å². The molecule has 1 aromatic rings. The summed E-state index contributed by atoms with van der Waals surface area (Å²) in [5.74, 6) is 1.61. The smallest absolute Gasteiger partial charge is 0.223 e. The Bertz CT molecular complexity index is 488. The van der Waals surface area contributed by atoms with E-state index in [0.717, 1.165) is 25.9 Å². The maximum Gasteiger partial charge on any atom is 0.223 e. The molecule has 1 heterocycles. The summed E-state index contributed by atoms with van der Waals surface area (Å²) < 4.78 is 0. The monoisotopic (exact) mass is 257 g/mol. The lowest BCUT2D eigenvalue weighted by Gasteiger charge is -2.29. The zero-order valence-corrected chi connectivity index (χ0v) is 12.0. The molecule has 0 radical (unpaired) electrons. The second-order valence-electron chi connectivity index (χ2n) is 6.40. The number of carbonyl (C=O) groups excluding carboxylic acids is 1. The molecule has 3 rings (SSSR count). The van der Waals surface area contributed by atoms with Crippen molar-refractivity contribution in [3.63, 3.8) is 0 Å². The molecule has 0 unspecified atom stereocenters. The van der Waals surface area contributed by atoms with E-state index in [1.807, 2.05) is 0 Å². The minimum Gasteiger partial charge on any atom is -0.338 e. The lowest BCUT2D eigenvalue weighted by Crippen LogP contribution is -2.36. The fourth-order valence-corrected chi connectivity index (χ4v) is 2.85. The average molecular weight is 257 g/mol. The van der Waals surface area contributed by atoms with Crippen molar-refractivity contribution in [2.45, 2.75) is 52.0 Å². The first-order chi connectivity index (χ1) is 9.13. The number of rotatable bonds is 3. The molecule has 1 aliphatic heterocycles. The molecule has 102 valence electrons. The van der Waals surface area contributed by atoms with Crippen LogP contribution in [-0.4, -0.2) is 17.4 Å². The molecule has 1 aliphatic carbocycles. The molecule has 0 bridgehead atoms. The summed E-state index contributed by atoms with van der Waals surface area (Å²) in [6, 6.07) is 6.80. The van der Waals surface area contributed by atoms with Crippen molar-refractivity contribution in [2.24, 2.45) is 5.92 Å². The standard InChI is InChI=1S/C17H23NO/c1-12(2)15-6-5-14-7-8-18(11-16(14)10-15)17(19)9-13-3-4-13/h5-6,10,12-13H,3-4,7-9,11H2,1-2H3. The van der Waals surface area contributed by atoms with Gasteiger partial charge in [0.2, 0.25) is 5.91 Å². The molecule has 2 nitrogen and oxygen atoms in total. The molecular formula is C17H23NO. The van der Waals surface area contributed by atoms with Crippen LogP contribution in [0.25, 0.3) is 0 Å². The van der Waals surface area contributed by atoms with Gasteiger partial charge in [-0.25, -0.2) is 0 Å². The van der Waals surface area contributed by atoms with Crippen LogP contribution in [0, 0.1) is 5.92 Å². The molecule has 1 aromatic carbocycles. The van der Waals surface area contributed by atoms with E-state index < -0.39 is 0 Å². The SMILES string of the molecule is CC(C)c1ccc2c(c1)CN(C(=O)CC1CC1)CC2. The average Bonchev–Trinajstić information content (AvgIpc) is 3.21. The third kappa shape index (κ3) is 2.83. The van der Waals surface area contributed by atoms with Crippen LogP contribution in [0.15, 0.2) is 18.2 Å². The lowest BCUT2D eigenvalue weighted by atomic mass is 9.93. The predicted octanol–water partition coefficient (Wildman–Crippen LogP) is 3.49. The minimum absolute atomic E-state index is 0.364. The second kappa shape index (κ2) is 4.99. The molecule has 19 heavy (non-hydrogen) atoms. The van der Waals surface area contributed by atoms with E-state index in [2.05, 4.69) is 36.9 Å². The Balaban J connectivity index is 1.73. The number of hydrogen-bond acceptors (Lipinski definition) is 1. The highest BCUT2D eigenvalue weighted by Gasteiger charge is 2.28. The zero-order valence-electron chi connectivity index (χ0n) is 12.0. The number of nitrogens with zero attached hydrogens (tertiary/aromatic N) is 1. The highest BCUT2D eigenvalue weighted by Crippen LogP contribution is 2.33. The first kappa shape index (κ1) is 12.7. The van der Waals surface area contributed by atoms with E-state index in [-0.39, 0.29) is 0 Å². The molecule has 0 aromatic heterocycles. The van der Waals surface area contributed by atoms with E-state index in [4.69, 9.17) is 0 Å². The fraction of sp³-hybridized carbons (Fsp3) is 0.588. The van der Waals surface area contributed by atoms with Crippen molar-refractivity contribution in [1.82, 2.24) is 4.90 Å². The second-order valence-corrected chi connectivity index (χ2v) is 6.40. The molecule has 1 saturated carbocycles. The van der Waals surface area contributed by atoms with E-state index in [1.54, 1.807) is 0 Å². The molecule has 1 fully saturated rings. The first-order valence-corrected chi connectivity index (χ1v) is 7.53. The third-order valence-corrected chi connectivity index (χ3v) is 4.42. The largest absolute Gasteiger partial charge is 0.338 e. The molecule has 2 aliphatic rings. The number of carbonyl (C=O) groups is 1. The van der Waals surface area contributed by atoms with Crippen LogP contribution in [0.3, 0.4) is 0 Å². The summed E-state index contributed by atoms with van der Waals surface area (Å²) in [6.07, 6.45) is 4.31. The topological polar surface area (TPSA) is 20.3 Å². The molecule has 1 amide bonds. The minimum atomic E-state index is 0.364. The first-order valence-electron chi connectivity index (χ1n) is 7.53. The van der Waals surface area contributed by atoms with Crippen molar-refractivity contribution in [3.05, 3.63) is 34.9 Å². The maximum absolute atomic E-state index is 12.2. The number of benzene rings is 1. The van der Waals surface area contributed by atoms with Gasteiger partial charge in [-0.15, -0.1) is 0 Å². The Morgan fingerprint density at radius 3 is 2.79 bits per heavy atom. The van der Waals surface area contributed by atoms with Crippen LogP contribution in [-0.2, 0) is 17.8 Å². The van der Waals surface area contributed by atoms with Crippen LogP contribution in [0.1, 0.15) is 55.7 Å². The van der Waals surface area contributed by atoms with Crippen molar-refractivity contribution in [1.29, 1.82) is 0 Å². The summed E-state index contributed by atoms with van der Waals surface area (Å²) in [5.41, 5.74) is 4.18. The van der Waals surface area contributed by atoms with Gasteiger partial charge in [0.15, 0.2) is 0 Å². The Kier molecular flexibility index (Phi) is 3.34. The van der Waals surface area contributed by atoms with Gasteiger partial charge >= 0.3 is 0 Å². The predicted molar refractivity (Wildman–Crippen MR) is 77.0 cm³/mol. The zero-order chi connectivity index (χ0) is 13.4. The van der Waals surface area contributed by atoms with Gasteiger partial charge in [-0.1, -0.05) is 32.0 Å². The fourth-order valence-electron chi connectivity index (χ4n) is 2.85. The van der Waals surface area contributed by atoms with Crippen LogP contribution in [0.5, 0.6) is 0 Å². The van der Waals surface area contributed by atoms with E-state index in [1.165, 1.54) is 29.5 Å². The van der Waals surface area contributed by atoms with Gasteiger partial charge in [0, 0.05) is 19.5 Å². The van der Waals surface area contributed by atoms with Gasteiger partial charge in [-0.2, -0.15) is 0 Å². The Morgan fingerprint density at radius 1 is 1.32 bits per heavy atom. The number of amides is 1. The van der Waals surface area contributed by atoms with Gasteiger partial charge in [-0.3, -0.25) is 4.79 Å². The van der Waals surface area contributed by atoms with Crippen molar-refractivity contribution in [2.75, 3.05) is 6.54 Å². The molecular weight excluding hydrogens is 234 g/mol. The van der Waals surface area contributed by atoms with E-state index in [9.17, 15) is 4.79 Å². The highest BCUT2D eigenvalue weighted by atomic mass is 16.2. The van der Waals surface area contributed by atoms with Crippen molar-refractivity contribution < 1.29 is 4.79 Å². The van der Waals surface area contributed by atoms with Crippen LogP contribution in [0.4, 0.5) is 0 Å². The third-order valence-electron chi connectivity index (χ3n) is 4.42. The summed E-state index contributed by atoms with van der Waals surface area (Å²) >= 11 is 0. The highest BCUT2D eigenvalue weighted by molar-refractivity contribution is 5.77. The van der Waals surface area contributed by atoms with Crippen molar-refractivity contribution in [3.8, 4) is 0 Å².